The highest BCUT2D eigenvalue weighted by atomic mass is 15.2. The molecule has 2 aliphatic rings. The number of pyridine rings is 1. The lowest BCUT2D eigenvalue weighted by atomic mass is 9.83. The molecule has 0 saturated carbocycles. The van der Waals surface area contributed by atoms with Gasteiger partial charge in [-0.3, -0.25) is 9.88 Å². The van der Waals surface area contributed by atoms with E-state index in [2.05, 4.69) is 65.3 Å². The van der Waals surface area contributed by atoms with Gasteiger partial charge in [-0.05, 0) is 55.0 Å². The van der Waals surface area contributed by atoms with E-state index in [4.69, 9.17) is 0 Å². The van der Waals surface area contributed by atoms with E-state index in [1.165, 1.54) is 41.7 Å². The predicted molar refractivity (Wildman–Crippen MR) is 95.0 cm³/mol. The smallest absolute Gasteiger partial charge is 0.0662 e. The van der Waals surface area contributed by atoms with Crippen molar-refractivity contribution in [3.05, 3.63) is 71.6 Å². The maximum atomic E-state index is 4.61. The summed E-state index contributed by atoms with van der Waals surface area (Å²) in [5.74, 6) is 0. The molecular formula is C21H24N2. The standard InChI is InChI=1S/C21H24N2/c1-16-10-11-22-21(12-16)18-13-19-8-5-9-20(14-18)23(19)15-17-6-3-2-4-7-17/h2-4,6-7,10-13,19-20H,5,8-9,14-15H2,1H3. The summed E-state index contributed by atoms with van der Waals surface area (Å²) in [7, 11) is 0. The molecule has 0 spiro atoms. The molecule has 4 rings (SSSR count). The number of aromatic nitrogens is 1. The number of hydrogen-bond donors (Lipinski definition) is 0. The van der Waals surface area contributed by atoms with Crippen molar-refractivity contribution >= 4 is 5.57 Å². The Balaban J connectivity index is 1.60. The van der Waals surface area contributed by atoms with Gasteiger partial charge in [0.15, 0.2) is 0 Å². The van der Waals surface area contributed by atoms with Gasteiger partial charge in [-0.2, -0.15) is 0 Å². The number of hydrogen-bond acceptors (Lipinski definition) is 2. The monoisotopic (exact) mass is 304 g/mol. The van der Waals surface area contributed by atoms with Crippen molar-refractivity contribution < 1.29 is 0 Å². The van der Waals surface area contributed by atoms with Gasteiger partial charge in [0, 0.05) is 24.8 Å². The highest BCUT2D eigenvalue weighted by Crippen LogP contribution is 2.37. The Hall–Kier alpha value is -1.93. The molecule has 2 unspecified atom stereocenters. The molecule has 0 aliphatic carbocycles. The minimum Gasteiger partial charge on any atom is -0.289 e. The fraction of sp³-hybridized carbons (Fsp3) is 0.381. The van der Waals surface area contributed by atoms with E-state index in [0.717, 1.165) is 13.0 Å². The van der Waals surface area contributed by atoms with E-state index in [0.29, 0.717) is 12.1 Å². The third-order valence-corrected chi connectivity index (χ3v) is 5.23. The fourth-order valence-electron chi connectivity index (χ4n) is 4.06. The van der Waals surface area contributed by atoms with E-state index in [1.807, 2.05) is 6.20 Å². The topological polar surface area (TPSA) is 16.1 Å². The van der Waals surface area contributed by atoms with Crippen LogP contribution in [0.15, 0.2) is 54.7 Å². The summed E-state index contributed by atoms with van der Waals surface area (Å²) in [6.45, 7) is 3.22. The number of benzene rings is 1. The van der Waals surface area contributed by atoms with Crippen molar-refractivity contribution in [2.45, 2.75) is 51.2 Å². The quantitative estimate of drug-likeness (QED) is 0.824. The van der Waals surface area contributed by atoms with E-state index in [-0.39, 0.29) is 0 Å². The minimum absolute atomic E-state index is 0.569. The molecule has 118 valence electrons. The maximum Gasteiger partial charge on any atom is 0.0662 e. The fourth-order valence-corrected chi connectivity index (χ4v) is 4.06. The molecule has 3 heterocycles. The van der Waals surface area contributed by atoms with Crippen LogP contribution in [-0.2, 0) is 6.54 Å². The summed E-state index contributed by atoms with van der Waals surface area (Å²) in [4.78, 5) is 7.32. The second-order valence-electron chi connectivity index (χ2n) is 6.92. The third kappa shape index (κ3) is 3.09. The zero-order valence-corrected chi connectivity index (χ0v) is 13.8. The first kappa shape index (κ1) is 14.6. The first-order valence-corrected chi connectivity index (χ1v) is 8.73. The van der Waals surface area contributed by atoms with Crippen LogP contribution in [0.4, 0.5) is 0 Å². The predicted octanol–water partition coefficient (Wildman–Crippen LogP) is 4.60. The van der Waals surface area contributed by atoms with Crippen molar-refractivity contribution in [2.75, 3.05) is 0 Å². The van der Waals surface area contributed by atoms with Crippen molar-refractivity contribution in [1.29, 1.82) is 0 Å². The van der Waals surface area contributed by atoms with E-state index in [1.54, 1.807) is 0 Å². The first-order chi connectivity index (χ1) is 11.3. The molecule has 2 bridgehead atoms. The Morgan fingerprint density at radius 2 is 2.00 bits per heavy atom. The van der Waals surface area contributed by atoms with E-state index >= 15 is 0 Å². The third-order valence-electron chi connectivity index (χ3n) is 5.23. The summed E-state index contributed by atoms with van der Waals surface area (Å²) in [6.07, 6.45) is 9.51. The lowest BCUT2D eigenvalue weighted by Crippen LogP contribution is -2.47. The summed E-state index contributed by atoms with van der Waals surface area (Å²) in [6, 6.07) is 16.4. The van der Waals surface area contributed by atoms with Crippen molar-refractivity contribution in [3.8, 4) is 0 Å². The van der Waals surface area contributed by atoms with Crippen LogP contribution in [0.3, 0.4) is 0 Å². The van der Waals surface area contributed by atoms with Gasteiger partial charge in [0.25, 0.3) is 0 Å². The molecule has 0 amide bonds. The van der Waals surface area contributed by atoms with Gasteiger partial charge in [-0.25, -0.2) is 0 Å². The lowest BCUT2D eigenvalue weighted by Gasteiger charge is -2.45. The Morgan fingerprint density at radius 1 is 1.13 bits per heavy atom. The Kier molecular flexibility index (Phi) is 4.00. The summed E-state index contributed by atoms with van der Waals surface area (Å²) in [5.41, 5.74) is 5.36. The highest BCUT2D eigenvalue weighted by Gasteiger charge is 2.34. The van der Waals surface area contributed by atoms with Crippen LogP contribution in [0.25, 0.3) is 5.57 Å². The molecule has 0 radical (unpaired) electrons. The molecule has 2 aliphatic heterocycles. The van der Waals surface area contributed by atoms with Crippen molar-refractivity contribution in [3.63, 3.8) is 0 Å². The SMILES string of the molecule is Cc1ccnc(C2=CC3CCCC(C2)N3Cc2ccccc2)c1. The Morgan fingerprint density at radius 3 is 2.78 bits per heavy atom. The lowest BCUT2D eigenvalue weighted by molar-refractivity contribution is 0.0950. The molecule has 0 N–H and O–H groups in total. The number of rotatable bonds is 3. The van der Waals surface area contributed by atoms with Crippen LogP contribution in [0.2, 0.25) is 0 Å². The van der Waals surface area contributed by atoms with Crippen molar-refractivity contribution in [1.82, 2.24) is 9.88 Å². The molecule has 1 saturated heterocycles. The molecule has 2 aromatic rings. The first-order valence-electron chi connectivity index (χ1n) is 8.73. The Labute approximate surface area is 138 Å². The molecule has 1 aromatic heterocycles. The van der Waals surface area contributed by atoms with Gasteiger partial charge < -0.3 is 0 Å². The molecule has 1 fully saturated rings. The molecule has 2 atom stereocenters. The largest absolute Gasteiger partial charge is 0.289 e. The number of fused-ring (bicyclic) bond motifs is 2. The highest BCUT2D eigenvalue weighted by molar-refractivity contribution is 5.65. The van der Waals surface area contributed by atoms with Gasteiger partial charge in [0.05, 0.1) is 5.69 Å². The minimum atomic E-state index is 0.569. The van der Waals surface area contributed by atoms with Gasteiger partial charge >= 0.3 is 0 Å². The zero-order chi connectivity index (χ0) is 15.6. The average Bonchev–Trinajstić information content (AvgIpc) is 2.55. The summed E-state index contributed by atoms with van der Waals surface area (Å²) in [5, 5.41) is 0. The van der Waals surface area contributed by atoms with Gasteiger partial charge in [-0.15, -0.1) is 0 Å². The van der Waals surface area contributed by atoms with Gasteiger partial charge in [0.2, 0.25) is 0 Å². The molecule has 2 nitrogen and oxygen atoms in total. The van der Waals surface area contributed by atoms with E-state index in [9.17, 15) is 0 Å². The maximum absolute atomic E-state index is 4.61. The zero-order valence-electron chi connectivity index (χ0n) is 13.8. The normalized spacial score (nSPS) is 24.3. The Bertz CT molecular complexity index is 705. The van der Waals surface area contributed by atoms with E-state index < -0.39 is 0 Å². The molecule has 1 aromatic carbocycles. The summed E-state index contributed by atoms with van der Waals surface area (Å²) >= 11 is 0. The number of piperidine rings is 1. The van der Waals surface area contributed by atoms with Gasteiger partial charge in [-0.1, -0.05) is 42.8 Å². The van der Waals surface area contributed by atoms with Crippen LogP contribution in [-0.4, -0.2) is 22.0 Å². The molecule has 2 heteroatoms. The second kappa shape index (κ2) is 6.29. The van der Waals surface area contributed by atoms with Gasteiger partial charge in [0.1, 0.15) is 0 Å². The van der Waals surface area contributed by atoms with Crippen LogP contribution in [0.5, 0.6) is 0 Å². The van der Waals surface area contributed by atoms with Crippen LogP contribution >= 0.6 is 0 Å². The van der Waals surface area contributed by atoms with Crippen LogP contribution in [0.1, 0.15) is 42.5 Å². The molecular weight excluding hydrogens is 280 g/mol. The number of nitrogens with zero attached hydrogens (tertiary/aromatic N) is 2. The average molecular weight is 304 g/mol. The number of aryl methyl sites for hydroxylation is 1. The molecule has 23 heavy (non-hydrogen) atoms. The second-order valence-corrected chi connectivity index (χ2v) is 6.92. The van der Waals surface area contributed by atoms with Crippen LogP contribution in [0, 0.1) is 6.92 Å². The summed E-state index contributed by atoms with van der Waals surface area (Å²) < 4.78 is 0. The van der Waals surface area contributed by atoms with Crippen LogP contribution < -0.4 is 0 Å². The van der Waals surface area contributed by atoms with Crippen molar-refractivity contribution in [2.24, 2.45) is 0 Å².